The number of carbonyl (C=O) groups is 1. The molecule has 0 saturated carbocycles. The molecule has 0 bridgehead atoms. The zero-order chi connectivity index (χ0) is 12.4. The summed E-state index contributed by atoms with van der Waals surface area (Å²) in [5, 5.41) is 6.69. The number of nitrogens with one attached hydrogen (secondary N) is 1. The van der Waals surface area contributed by atoms with E-state index in [1.54, 1.807) is 18.9 Å². The van der Waals surface area contributed by atoms with Gasteiger partial charge in [0.15, 0.2) is 5.69 Å². The number of nitrogen functional groups attached to an aromatic ring is 1. The number of aromatic amines is 1. The number of carbonyl (C=O) groups excluding carboxylic acids is 1. The molecule has 0 aromatic carbocycles. The highest BCUT2D eigenvalue weighted by molar-refractivity contribution is 5.97. The first kappa shape index (κ1) is 11.9. The van der Waals surface area contributed by atoms with E-state index in [2.05, 4.69) is 10.2 Å². The molecule has 3 N–H and O–H groups in total. The number of methoxy groups -OCH3 is 1. The van der Waals surface area contributed by atoms with Crippen LogP contribution in [0, 0.1) is 6.92 Å². The minimum atomic E-state index is -0.0959. The normalized spacial score (nSPS) is 17.4. The Morgan fingerprint density at radius 3 is 2.65 bits per heavy atom. The van der Waals surface area contributed by atoms with Gasteiger partial charge < -0.3 is 15.4 Å². The highest BCUT2D eigenvalue weighted by Crippen LogP contribution is 2.19. The molecule has 1 fully saturated rings. The van der Waals surface area contributed by atoms with Crippen molar-refractivity contribution in [2.75, 3.05) is 25.9 Å². The summed E-state index contributed by atoms with van der Waals surface area (Å²) in [6.07, 6.45) is 1.99. The van der Waals surface area contributed by atoms with Crippen molar-refractivity contribution < 1.29 is 9.53 Å². The first-order chi connectivity index (χ1) is 8.13. The average molecular weight is 238 g/mol. The number of hydrogen-bond acceptors (Lipinski definition) is 4. The SMILES string of the molecule is COC1CCN(C(=O)c2n[nH]c(C)c2N)CC1. The fourth-order valence-electron chi connectivity index (χ4n) is 2.05. The summed E-state index contributed by atoms with van der Waals surface area (Å²) in [5.41, 5.74) is 7.31. The van der Waals surface area contributed by atoms with E-state index in [0.29, 0.717) is 24.5 Å². The van der Waals surface area contributed by atoms with Gasteiger partial charge in [-0.25, -0.2) is 0 Å². The van der Waals surface area contributed by atoms with Gasteiger partial charge in [-0.15, -0.1) is 0 Å². The fraction of sp³-hybridized carbons (Fsp3) is 0.636. The summed E-state index contributed by atoms with van der Waals surface area (Å²) in [7, 11) is 1.71. The maximum atomic E-state index is 12.2. The highest BCUT2D eigenvalue weighted by Gasteiger charge is 2.26. The van der Waals surface area contributed by atoms with Crippen molar-refractivity contribution in [1.29, 1.82) is 0 Å². The van der Waals surface area contributed by atoms with E-state index in [1.807, 2.05) is 0 Å². The van der Waals surface area contributed by atoms with E-state index in [-0.39, 0.29) is 12.0 Å². The number of hydrogen-bond donors (Lipinski definition) is 2. The van der Waals surface area contributed by atoms with E-state index in [4.69, 9.17) is 10.5 Å². The molecule has 1 aromatic rings. The van der Waals surface area contributed by atoms with Crippen molar-refractivity contribution >= 4 is 11.6 Å². The van der Waals surface area contributed by atoms with Crippen molar-refractivity contribution in [3.05, 3.63) is 11.4 Å². The summed E-state index contributed by atoms with van der Waals surface area (Å²) >= 11 is 0. The molecule has 0 unspecified atom stereocenters. The van der Waals surface area contributed by atoms with Crippen LogP contribution in [-0.4, -0.2) is 47.3 Å². The molecule has 6 heteroatoms. The maximum absolute atomic E-state index is 12.2. The molecule has 94 valence electrons. The molecule has 2 rings (SSSR count). The van der Waals surface area contributed by atoms with E-state index in [0.717, 1.165) is 18.5 Å². The molecule has 0 aliphatic carbocycles. The number of H-pyrrole nitrogens is 1. The number of anilines is 1. The van der Waals surface area contributed by atoms with Crippen LogP contribution < -0.4 is 5.73 Å². The maximum Gasteiger partial charge on any atom is 0.276 e. The third-order valence-corrected chi connectivity index (χ3v) is 3.26. The lowest BCUT2D eigenvalue weighted by Crippen LogP contribution is -2.41. The number of aryl methyl sites for hydroxylation is 1. The second-order valence-electron chi connectivity index (χ2n) is 4.34. The molecule has 17 heavy (non-hydrogen) atoms. The Morgan fingerprint density at radius 2 is 2.18 bits per heavy atom. The zero-order valence-electron chi connectivity index (χ0n) is 10.2. The van der Waals surface area contributed by atoms with Gasteiger partial charge in [0.1, 0.15) is 0 Å². The van der Waals surface area contributed by atoms with Gasteiger partial charge in [0.05, 0.1) is 17.5 Å². The van der Waals surface area contributed by atoms with E-state index >= 15 is 0 Å². The van der Waals surface area contributed by atoms with Gasteiger partial charge in [-0.1, -0.05) is 0 Å². The summed E-state index contributed by atoms with van der Waals surface area (Å²) in [6.45, 7) is 3.20. The van der Waals surface area contributed by atoms with Crippen LogP contribution in [0.15, 0.2) is 0 Å². The Balaban J connectivity index is 2.04. The van der Waals surface area contributed by atoms with Gasteiger partial charge in [-0.2, -0.15) is 5.10 Å². The molecule has 0 spiro atoms. The molecule has 2 heterocycles. The Morgan fingerprint density at radius 1 is 1.53 bits per heavy atom. The Kier molecular flexibility index (Phi) is 3.33. The molecule has 1 saturated heterocycles. The summed E-state index contributed by atoms with van der Waals surface area (Å²) in [6, 6.07) is 0. The third-order valence-electron chi connectivity index (χ3n) is 3.26. The number of nitrogens with zero attached hydrogens (tertiary/aromatic N) is 2. The van der Waals surface area contributed by atoms with E-state index < -0.39 is 0 Å². The largest absolute Gasteiger partial charge is 0.395 e. The minimum Gasteiger partial charge on any atom is -0.395 e. The predicted molar refractivity (Wildman–Crippen MR) is 63.7 cm³/mol. The summed E-state index contributed by atoms with van der Waals surface area (Å²) in [5.74, 6) is -0.0959. The van der Waals surface area contributed by atoms with Crippen LogP contribution in [0.3, 0.4) is 0 Å². The predicted octanol–water partition coefficient (Wildman–Crippen LogP) is 0.551. The van der Waals surface area contributed by atoms with E-state index in [9.17, 15) is 4.79 Å². The van der Waals surface area contributed by atoms with Crippen molar-refractivity contribution in [3.63, 3.8) is 0 Å². The molecule has 0 atom stereocenters. The van der Waals surface area contributed by atoms with Crippen molar-refractivity contribution in [2.45, 2.75) is 25.9 Å². The number of nitrogens with two attached hydrogens (primary N) is 1. The Labute approximate surface area is 100 Å². The lowest BCUT2D eigenvalue weighted by Gasteiger charge is -2.30. The van der Waals surface area contributed by atoms with Gasteiger partial charge in [-0.05, 0) is 19.8 Å². The fourth-order valence-corrected chi connectivity index (χ4v) is 2.05. The minimum absolute atomic E-state index is 0.0959. The Hall–Kier alpha value is -1.56. The van der Waals surface area contributed by atoms with Crippen LogP contribution >= 0.6 is 0 Å². The van der Waals surface area contributed by atoms with Gasteiger partial charge in [0.2, 0.25) is 0 Å². The van der Waals surface area contributed by atoms with Gasteiger partial charge in [-0.3, -0.25) is 9.89 Å². The third kappa shape index (κ3) is 2.26. The summed E-state index contributed by atoms with van der Waals surface area (Å²) in [4.78, 5) is 13.9. The van der Waals surface area contributed by atoms with Crippen molar-refractivity contribution in [3.8, 4) is 0 Å². The topological polar surface area (TPSA) is 84.2 Å². The zero-order valence-corrected chi connectivity index (χ0v) is 10.2. The van der Waals surface area contributed by atoms with Crippen LogP contribution in [-0.2, 0) is 4.74 Å². The second-order valence-corrected chi connectivity index (χ2v) is 4.34. The van der Waals surface area contributed by atoms with Crippen LogP contribution in [0.4, 0.5) is 5.69 Å². The first-order valence-corrected chi connectivity index (χ1v) is 5.76. The molecule has 1 aliphatic heterocycles. The van der Waals surface area contributed by atoms with E-state index in [1.165, 1.54) is 0 Å². The molecule has 1 aliphatic rings. The summed E-state index contributed by atoms with van der Waals surface area (Å²) < 4.78 is 5.27. The number of aromatic nitrogens is 2. The monoisotopic (exact) mass is 238 g/mol. The van der Waals surface area contributed by atoms with Crippen LogP contribution in [0.25, 0.3) is 0 Å². The lowest BCUT2D eigenvalue weighted by molar-refractivity contribution is 0.0348. The van der Waals surface area contributed by atoms with Crippen molar-refractivity contribution in [1.82, 2.24) is 15.1 Å². The van der Waals surface area contributed by atoms with Crippen molar-refractivity contribution in [2.24, 2.45) is 0 Å². The number of piperidine rings is 1. The lowest BCUT2D eigenvalue weighted by atomic mass is 10.1. The molecule has 0 radical (unpaired) electrons. The molecule has 1 amide bonds. The van der Waals surface area contributed by atoms with Crippen LogP contribution in [0.2, 0.25) is 0 Å². The molecular formula is C11H18N4O2. The molecule has 6 nitrogen and oxygen atoms in total. The smallest absolute Gasteiger partial charge is 0.276 e. The quantitative estimate of drug-likeness (QED) is 0.788. The number of likely N-dealkylation sites (tertiary alicyclic amines) is 1. The van der Waals surface area contributed by atoms with Gasteiger partial charge in [0.25, 0.3) is 5.91 Å². The standard InChI is InChI=1S/C11H18N4O2/c1-7-9(12)10(14-13-7)11(16)15-5-3-8(17-2)4-6-15/h8H,3-6,12H2,1-2H3,(H,13,14). The van der Waals surface area contributed by atoms with Crippen LogP contribution in [0.5, 0.6) is 0 Å². The Bertz CT molecular complexity index is 408. The molecule has 1 aromatic heterocycles. The molecular weight excluding hydrogens is 220 g/mol. The average Bonchev–Trinajstić information content (AvgIpc) is 2.69. The number of rotatable bonds is 2. The van der Waals surface area contributed by atoms with Crippen LogP contribution in [0.1, 0.15) is 29.0 Å². The first-order valence-electron chi connectivity index (χ1n) is 5.76. The number of ether oxygens (including phenoxy) is 1. The van der Waals surface area contributed by atoms with Gasteiger partial charge >= 0.3 is 0 Å². The second kappa shape index (κ2) is 4.75. The number of amides is 1. The van der Waals surface area contributed by atoms with Gasteiger partial charge in [0, 0.05) is 20.2 Å². The highest BCUT2D eigenvalue weighted by atomic mass is 16.5.